The summed E-state index contributed by atoms with van der Waals surface area (Å²) in [5.41, 5.74) is 0.474. The quantitative estimate of drug-likeness (QED) is 0.570. The van der Waals surface area contributed by atoms with Gasteiger partial charge in [-0.2, -0.15) is 0 Å². The number of carbonyl (C=O) groups is 2. The fourth-order valence-corrected chi connectivity index (χ4v) is 2.51. The van der Waals surface area contributed by atoms with E-state index in [0.29, 0.717) is 11.3 Å². The SMILES string of the molecule is CN(Cc1ccccc1F)C(=O)COC(=O)c1cccnc1Oc1ccccc1. The molecule has 0 saturated carbocycles. The predicted octanol–water partition coefficient (Wildman–Crippen LogP) is 3.83. The number of carbonyl (C=O) groups excluding carboxylic acids is 2. The van der Waals surface area contributed by atoms with Crippen molar-refractivity contribution >= 4 is 11.9 Å². The molecular weight excluding hydrogens is 375 g/mol. The molecule has 0 N–H and O–H groups in total. The van der Waals surface area contributed by atoms with Crippen molar-refractivity contribution < 1.29 is 23.5 Å². The molecule has 1 amide bonds. The second-order valence-electron chi connectivity index (χ2n) is 6.19. The average Bonchev–Trinajstić information content (AvgIpc) is 2.74. The molecule has 7 heteroatoms. The van der Waals surface area contributed by atoms with E-state index in [9.17, 15) is 14.0 Å². The topological polar surface area (TPSA) is 68.7 Å². The number of likely N-dealkylation sites (N-methyl/N-ethyl adjacent to an activating group) is 1. The molecule has 3 aromatic rings. The zero-order valence-electron chi connectivity index (χ0n) is 15.7. The highest BCUT2D eigenvalue weighted by Crippen LogP contribution is 2.23. The molecule has 0 atom stereocenters. The number of pyridine rings is 1. The van der Waals surface area contributed by atoms with Crippen LogP contribution in [-0.2, 0) is 16.1 Å². The van der Waals surface area contributed by atoms with Gasteiger partial charge in [-0.15, -0.1) is 0 Å². The van der Waals surface area contributed by atoms with Crippen LogP contribution in [0, 0.1) is 5.82 Å². The van der Waals surface area contributed by atoms with Gasteiger partial charge in [-0.3, -0.25) is 4.79 Å². The van der Waals surface area contributed by atoms with E-state index in [0.717, 1.165) is 0 Å². The summed E-state index contributed by atoms with van der Waals surface area (Å²) >= 11 is 0. The highest BCUT2D eigenvalue weighted by molar-refractivity contribution is 5.93. The van der Waals surface area contributed by atoms with Gasteiger partial charge in [-0.25, -0.2) is 14.2 Å². The smallest absolute Gasteiger partial charge is 0.344 e. The maximum atomic E-state index is 13.7. The number of esters is 1. The molecule has 3 rings (SSSR count). The number of halogens is 1. The normalized spacial score (nSPS) is 10.3. The number of ether oxygens (including phenoxy) is 2. The van der Waals surface area contributed by atoms with Gasteiger partial charge in [0.05, 0.1) is 0 Å². The molecule has 29 heavy (non-hydrogen) atoms. The summed E-state index contributed by atoms with van der Waals surface area (Å²) in [4.78, 5) is 30.0. The standard InChI is InChI=1S/C22H19FN2O4/c1-25(14-16-8-5-6-12-19(16)23)20(26)15-28-22(27)18-11-7-13-24-21(18)29-17-9-3-2-4-10-17/h2-13H,14-15H2,1H3. The zero-order valence-corrected chi connectivity index (χ0v) is 15.7. The summed E-state index contributed by atoms with van der Waals surface area (Å²) in [6.45, 7) is -0.415. The molecule has 0 radical (unpaired) electrons. The lowest BCUT2D eigenvalue weighted by Crippen LogP contribution is -2.31. The van der Waals surface area contributed by atoms with E-state index in [2.05, 4.69) is 4.98 Å². The summed E-state index contributed by atoms with van der Waals surface area (Å²) in [7, 11) is 1.51. The average molecular weight is 394 g/mol. The fourth-order valence-electron chi connectivity index (χ4n) is 2.51. The van der Waals surface area contributed by atoms with Crippen molar-refractivity contribution in [2.45, 2.75) is 6.54 Å². The van der Waals surface area contributed by atoms with E-state index < -0.39 is 24.3 Å². The number of hydrogen-bond donors (Lipinski definition) is 0. The third-order valence-electron chi connectivity index (χ3n) is 4.07. The van der Waals surface area contributed by atoms with Crippen LogP contribution in [0.15, 0.2) is 72.9 Å². The van der Waals surface area contributed by atoms with Crippen molar-refractivity contribution in [3.8, 4) is 11.6 Å². The van der Waals surface area contributed by atoms with Gasteiger partial charge >= 0.3 is 5.97 Å². The summed E-state index contributed by atoms with van der Waals surface area (Å²) in [5, 5.41) is 0. The Hall–Kier alpha value is -3.74. The molecule has 0 fully saturated rings. The second-order valence-corrected chi connectivity index (χ2v) is 6.19. The molecule has 6 nitrogen and oxygen atoms in total. The van der Waals surface area contributed by atoms with Gasteiger partial charge in [0, 0.05) is 25.4 Å². The molecule has 148 valence electrons. The van der Waals surface area contributed by atoms with Gasteiger partial charge in [-0.1, -0.05) is 36.4 Å². The molecule has 1 aromatic heterocycles. The molecule has 0 aliphatic heterocycles. The van der Waals surface area contributed by atoms with E-state index in [4.69, 9.17) is 9.47 Å². The number of benzene rings is 2. The van der Waals surface area contributed by atoms with Crippen LogP contribution in [0.1, 0.15) is 15.9 Å². The van der Waals surface area contributed by atoms with Crippen molar-refractivity contribution in [1.82, 2.24) is 9.88 Å². The molecule has 2 aromatic carbocycles. The van der Waals surface area contributed by atoms with E-state index in [1.807, 2.05) is 6.07 Å². The Morgan fingerprint density at radius 1 is 1.00 bits per heavy atom. The first-order chi connectivity index (χ1) is 14.0. The first-order valence-electron chi connectivity index (χ1n) is 8.87. The van der Waals surface area contributed by atoms with Crippen molar-refractivity contribution in [2.24, 2.45) is 0 Å². The minimum absolute atomic E-state index is 0.0678. The molecule has 0 aliphatic rings. The highest BCUT2D eigenvalue weighted by Gasteiger charge is 2.19. The third-order valence-corrected chi connectivity index (χ3v) is 4.07. The van der Waals surface area contributed by atoms with Gasteiger partial charge in [0.1, 0.15) is 17.1 Å². The van der Waals surface area contributed by atoms with Crippen LogP contribution < -0.4 is 4.74 Å². The number of rotatable bonds is 7. The lowest BCUT2D eigenvalue weighted by Gasteiger charge is -2.17. The van der Waals surface area contributed by atoms with Gasteiger partial charge < -0.3 is 14.4 Å². The summed E-state index contributed by atoms with van der Waals surface area (Å²) in [5.74, 6) is -1.01. The van der Waals surface area contributed by atoms with Gasteiger partial charge in [0.25, 0.3) is 5.91 Å². The molecule has 1 heterocycles. The van der Waals surface area contributed by atoms with Gasteiger partial charge in [-0.05, 0) is 30.3 Å². The second kappa shape index (κ2) is 9.45. The summed E-state index contributed by atoms with van der Waals surface area (Å²) in [6, 6.07) is 18.1. The minimum atomic E-state index is -0.739. The summed E-state index contributed by atoms with van der Waals surface area (Å²) in [6.07, 6.45) is 1.49. The molecule has 0 spiro atoms. The van der Waals surface area contributed by atoms with Crippen LogP contribution >= 0.6 is 0 Å². The highest BCUT2D eigenvalue weighted by atomic mass is 19.1. The van der Waals surface area contributed by atoms with Crippen molar-refractivity contribution in [2.75, 3.05) is 13.7 Å². The Kier molecular flexibility index (Phi) is 6.52. The maximum absolute atomic E-state index is 13.7. The number of para-hydroxylation sites is 1. The first-order valence-corrected chi connectivity index (χ1v) is 8.87. The predicted molar refractivity (Wildman–Crippen MR) is 104 cm³/mol. The minimum Gasteiger partial charge on any atom is -0.452 e. The molecule has 0 unspecified atom stereocenters. The number of nitrogens with zero attached hydrogens (tertiary/aromatic N) is 2. The van der Waals surface area contributed by atoms with Crippen molar-refractivity contribution in [1.29, 1.82) is 0 Å². The largest absolute Gasteiger partial charge is 0.452 e. The van der Waals surface area contributed by atoms with Crippen LogP contribution in [0.5, 0.6) is 11.6 Å². The Morgan fingerprint density at radius 3 is 2.48 bits per heavy atom. The zero-order chi connectivity index (χ0) is 20.6. The monoisotopic (exact) mass is 394 g/mol. The number of aromatic nitrogens is 1. The Bertz CT molecular complexity index is 995. The van der Waals surface area contributed by atoms with Crippen LogP contribution in [0.2, 0.25) is 0 Å². The van der Waals surface area contributed by atoms with Crippen molar-refractivity contribution in [3.05, 3.63) is 89.9 Å². The molecule has 0 bridgehead atoms. The van der Waals surface area contributed by atoms with Gasteiger partial charge in [0.15, 0.2) is 6.61 Å². The Morgan fingerprint density at radius 2 is 1.72 bits per heavy atom. The number of amides is 1. The molecule has 0 saturated heterocycles. The summed E-state index contributed by atoms with van der Waals surface area (Å²) < 4.78 is 24.5. The van der Waals surface area contributed by atoms with E-state index in [1.165, 1.54) is 30.3 Å². The van der Waals surface area contributed by atoms with Crippen LogP contribution in [-0.4, -0.2) is 35.4 Å². The van der Waals surface area contributed by atoms with E-state index >= 15 is 0 Å². The fraction of sp³-hybridized carbons (Fsp3) is 0.136. The van der Waals surface area contributed by atoms with Crippen molar-refractivity contribution in [3.63, 3.8) is 0 Å². The Labute approximate surface area is 167 Å². The lowest BCUT2D eigenvalue weighted by molar-refractivity contribution is -0.133. The van der Waals surface area contributed by atoms with Crippen LogP contribution in [0.4, 0.5) is 4.39 Å². The van der Waals surface area contributed by atoms with E-state index in [-0.39, 0.29) is 18.0 Å². The molecule has 0 aliphatic carbocycles. The number of hydrogen-bond acceptors (Lipinski definition) is 5. The van der Waals surface area contributed by atoms with Gasteiger partial charge in [0.2, 0.25) is 5.88 Å². The maximum Gasteiger partial charge on any atom is 0.344 e. The van der Waals surface area contributed by atoms with Crippen LogP contribution in [0.25, 0.3) is 0 Å². The third kappa shape index (κ3) is 5.38. The lowest BCUT2D eigenvalue weighted by atomic mass is 10.2. The van der Waals surface area contributed by atoms with Crippen LogP contribution in [0.3, 0.4) is 0 Å². The molecular formula is C22H19FN2O4. The first kappa shape index (κ1) is 20.0. The van der Waals surface area contributed by atoms with E-state index in [1.54, 1.807) is 48.5 Å². The Balaban J connectivity index is 1.60.